The van der Waals surface area contributed by atoms with Gasteiger partial charge in [0.1, 0.15) is 0 Å². The fraction of sp³-hybridized carbons (Fsp3) is 0.100. The molecule has 0 saturated carbocycles. The van der Waals surface area contributed by atoms with Crippen molar-refractivity contribution in [1.29, 1.82) is 0 Å². The van der Waals surface area contributed by atoms with Gasteiger partial charge in [-0.3, -0.25) is 4.98 Å². The maximum absolute atomic E-state index is 4.06. The summed E-state index contributed by atoms with van der Waals surface area (Å²) < 4.78 is 0. The molecule has 0 bridgehead atoms. The van der Waals surface area contributed by atoms with E-state index in [9.17, 15) is 0 Å². The van der Waals surface area contributed by atoms with Crippen LogP contribution in [0, 0.1) is 0 Å². The smallest absolute Gasteiger partial charge is 0.0343 e. The lowest BCUT2D eigenvalue weighted by atomic mass is 10.1. The summed E-state index contributed by atoms with van der Waals surface area (Å²) in [5, 5.41) is 0. The molecule has 1 heterocycles. The molecule has 1 heteroatoms. The molecule has 1 aliphatic rings. The van der Waals surface area contributed by atoms with Crippen LogP contribution in [0.5, 0.6) is 0 Å². The number of hydrogen-bond acceptors (Lipinski definition) is 1. The van der Waals surface area contributed by atoms with Crippen LogP contribution in [-0.4, -0.2) is 4.98 Å². The van der Waals surface area contributed by atoms with E-state index in [-0.39, 0.29) is 0 Å². The molecule has 0 amide bonds. The second-order valence-corrected chi connectivity index (χ2v) is 2.57. The lowest BCUT2D eigenvalue weighted by Gasteiger charge is -1.98. The largest absolute Gasteiger partial charge is 0.264 e. The van der Waals surface area contributed by atoms with Crippen molar-refractivity contribution in [3.63, 3.8) is 0 Å². The Labute approximate surface area is 66.1 Å². The van der Waals surface area contributed by atoms with Crippen LogP contribution in [-0.2, 0) is 6.42 Å². The second-order valence-electron chi connectivity index (χ2n) is 2.57. The van der Waals surface area contributed by atoms with Crippen molar-refractivity contribution in [3.05, 3.63) is 47.8 Å². The van der Waals surface area contributed by atoms with Crippen molar-refractivity contribution >= 4 is 6.08 Å². The van der Waals surface area contributed by atoms with Crippen LogP contribution in [0.4, 0.5) is 0 Å². The highest BCUT2D eigenvalue weighted by molar-refractivity contribution is 5.55. The molecule has 0 aromatic carbocycles. The van der Waals surface area contributed by atoms with Crippen LogP contribution in [0.25, 0.3) is 6.08 Å². The molecule has 0 aliphatic heterocycles. The third-order valence-corrected chi connectivity index (χ3v) is 1.81. The van der Waals surface area contributed by atoms with E-state index in [4.69, 9.17) is 0 Å². The normalized spacial score (nSPS) is 14.2. The van der Waals surface area contributed by atoms with Gasteiger partial charge in [-0.2, -0.15) is 0 Å². The zero-order chi connectivity index (χ0) is 7.52. The fourth-order valence-electron chi connectivity index (χ4n) is 1.20. The minimum atomic E-state index is 1.02. The lowest BCUT2D eigenvalue weighted by Crippen LogP contribution is -1.85. The first-order valence-corrected chi connectivity index (χ1v) is 3.73. The summed E-state index contributed by atoms with van der Waals surface area (Å²) in [7, 11) is 0. The Morgan fingerprint density at radius 1 is 1.27 bits per heavy atom. The molecule has 1 aromatic heterocycles. The van der Waals surface area contributed by atoms with Crippen molar-refractivity contribution in [1.82, 2.24) is 4.98 Å². The summed E-state index contributed by atoms with van der Waals surface area (Å²) in [5.74, 6) is 0. The molecule has 0 spiro atoms. The summed E-state index contributed by atoms with van der Waals surface area (Å²) in [6, 6.07) is 2.06. The first-order valence-electron chi connectivity index (χ1n) is 3.73. The molecule has 0 unspecified atom stereocenters. The molecule has 1 nitrogen and oxygen atoms in total. The van der Waals surface area contributed by atoms with Crippen molar-refractivity contribution in [3.8, 4) is 0 Å². The van der Waals surface area contributed by atoms with Gasteiger partial charge in [-0.25, -0.2) is 0 Å². The molecule has 0 atom stereocenters. The van der Waals surface area contributed by atoms with Crippen LogP contribution < -0.4 is 0 Å². The van der Waals surface area contributed by atoms with Crippen molar-refractivity contribution in [2.24, 2.45) is 0 Å². The van der Waals surface area contributed by atoms with E-state index >= 15 is 0 Å². The summed E-state index contributed by atoms with van der Waals surface area (Å²) >= 11 is 0. The lowest BCUT2D eigenvalue weighted by molar-refractivity contribution is 1.20. The van der Waals surface area contributed by atoms with Gasteiger partial charge in [-0.15, -0.1) is 0 Å². The van der Waals surface area contributed by atoms with Gasteiger partial charge < -0.3 is 0 Å². The maximum Gasteiger partial charge on any atom is 0.0343 e. The molecule has 54 valence electrons. The summed E-state index contributed by atoms with van der Waals surface area (Å²) in [4.78, 5) is 4.06. The van der Waals surface area contributed by atoms with E-state index in [1.54, 1.807) is 0 Å². The van der Waals surface area contributed by atoms with E-state index < -0.39 is 0 Å². The third kappa shape index (κ3) is 1.22. The molecular formula is C10H9N. The van der Waals surface area contributed by atoms with Crippen LogP contribution in [0.2, 0.25) is 0 Å². The van der Waals surface area contributed by atoms with Crippen molar-refractivity contribution in [2.75, 3.05) is 0 Å². The number of hydrogen-bond donors (Lipinski definition) is 0. The first kappa shape index (κ1) is 6.35. The number of pyridine rings is 1. The molecule has 0 saturated heterocycles. The Morgan fingerprint density at radius 2 is 2.27 bits per heavy atom. The Hall–Kier alpha value is -1.37. The first-order chi connectivity index (χ1) is 5.47. The van der Waals surface area contributed by atoms with Gasteiger partial charge in [0.2, 0.25) is 0 Å². The number of fused-ring (bicyclic) bond motifs is 1. The second kappa shape index (κ2) is 2.70. The Kier molecular flexibility index (Phi) is 1.56. The summed E-state index contributed by atoms with van der Waals surface area (Å²) in [6.45, 7) is 0. The topological polar surface area (TPSA) is 12.9 Å². The summed E-state index contributed by atoms with van der Waals surface area (Å²) in [6.07, 6.45) is 13.1. The maximum atomic E-state index is 4.06. The molecular weight excluding hydrogens is 134 g/mol. The predicted molar refractivity (Wildman–Crippen MR) is 46.1 cm³/mol. The Bertz CT molecular complexity index is 310. The van der Waals surface area contributed by atoms with E-state index in [1.165, 1.54) is 11.1 Å². The monoisotopic (exact) mass is 143 g/mol. The average Bonchev–Trinajstić information content (AvgIpc) is 2.28. The number of nitrogens with zero attached hydrogens (tertiary/aromatic N) is 1. The molecule has 11 heavy (non-hydrogen) atoms. The van der Waals surface area contributed by atoms with Gasteiger partial charge in [-0.05, 0) is 23.6 Å². The highest BCUT2D eigenvalue weighted by Gasteiger charge is 1.97. The zero-order valence-electron chi connectivity index (χ0n) is 6.20. The van der Waals surface area contributed by atoms with Gasteiger partial charge in [0.05, 0.1) is 0 Å². The van der Waals surface area contributed by atoms with Gasteiger partial charge in [0, 0.05) is 12.4 Å². The van der Waals surface area contributed by atoms with Gasteiger partial charge in [-0.1, -0.05) is 24.3 Å². The van der Waals surface area contributed by atoms with Crippen molar-refractivity contribution in [2.45, 2.75) is 6.42 Å². The van der Waals surface area contributed by atoms with Crippen molar-refractivity contribution < 1.29 is 0 Å². The molecule has 2 rings (SSSR count). The van der Waals surface area contributed by atoms with E-state index in [0.29, 0.717) is 0 Å². The Morgan fingerprint density at radius 3 is 3.27 bits per heavy atom. The van der Waals surface area contributed by atoms with E-state index in [0.717, 1.165) is 6.42 Å². The number of rotatable bonds is 0. The molecule has 1 aromatic rings. The van der Waals surface area contributed by atoms with Crippen LogP contribution in [0.3, 0.4) is 0 Å². The number of allylic oxidation sites excluding steroid dienone is 3. The van der Waals surface area contributed by atoms with Gasteiger partial charge >= 0.3 is 0 Å². The zero-order valence-corrected chi connectivity index (χ0v) is 6.20. The molecule has 0 radical (unpaired) electrons. The van der Waals surface area contributed by atoms with Gasteiger partial charge in [0.15, 0.2) is 0 Å². The minimum Gasteiger partial charge on any atom is -0.264 e. The fourth-order valence-corrected chi connectivity index (χ4v) is 1.20. The third-order valence-electron chi connectivity index (χ3n) is 1.81. The van der Waals surface area contributed by atoms with Gasteiger partial charge in [0.25, 0.3) is 0 Å². The quantitative estimate of drug-likeness (QED) is 0.542. The standard InChI is InChI=1S/C10H9N/c1-2-4-9-6-7-11-8-10(9)5-3-1/h1-3,5-8H,4H2. The summed E-state index contributed by atoms with van der Waals surface area (Å²) in [5.41, 5.74) is 2.59. The molecule has 1 aliphatic carbocycles. The van der Waals surface area contributed by atoms with Crippen LogP contribution in [0.15, 0.2) is 36.7 Å². The highest BCUT2D eigenvalue weighted by atomic mass is 14.6. The Balaban J connectivity index is 2.52. The van der Waals surface area contributed by atoms with Crippen LogP contribution >= 0.6 is 0 Å². The average molecular weight is 143 g/mol. The van der Waals surface area contributed by atoms with Crippen LogP contribution in [0.1, 0.15) is 11.1 Å². The highest BCUT2D eigenvalue weighted by Crippen LogP contribution is 2.12. The van der Waals surface area contributed by atoms with E-state index in [2.05, 4.69) is 29.3 Å². The molecule has 0 fully saturated rings. The predicted octanol–water partition coefficient (Wildman–Crippen LogP) is 2.21. The van der Waals surface area contributed by atoms with E-state index in [1.807, 2.05) is 18.5 Å². The minimum absolute atomic E-state index is 1.02. The number of aromatic nitrogens is 1. The SMILES string of the molecule is C1=CCc2ccncc2C=C1. The molecule has 0 N–H and O–H groups in total.